The van der Waals surface area contributed by atoms with Crippen molar-refractivity contribution >= 4 is 11.6 Å². The maximum Gasteiger partial charge on any atom is 0.0785 e. The van der Waals surface area contributed by atoms with Gasteiger partial charge < -0.3 is 0 Å². The molecule has 0 aliphatic carbocycles. The lowest BCUT2D eigenvalue weighted by Crippen LogP contribution is -2.07. The standard InChI is InChI=1S/C8H10ClN3/c1-2-8(3-4-10)12-6-7(9)5-11-12/h5-6,8H,2-3H2,1H3/t8-/m0/s1. The van der Waals surface area contributed by atoms with Crippen molar-refractivity contribution in [2.75, 3.05) is 0 Å². The van der Waals surface area contributed by atoms with Gasteiger partial charge in [0.25, 0.3) is 0 Å². The molecule has 0 spiro atoms. The third-order valence-electron chi connectivity index (χ3n) is 1.74. The molecule has 0 unspecified atom stereocenters. The second kappa shape index (κ2) is 4.13. The molecule has 0 saturated carbocycles. The van der Waals surface area contributed by atoms with Crippen LogP contribution in [-0.4, -0.2) is 9.78 Å². The third kappa shape index (κ3) is 1.99. The summed E-state index contributed by atoms with van der Waals surface area (Å²) in [5.74, 6) is 0. The summed E-state index contributed by atoms with van der Waals surface area (Å²) in [6.07, 6.45) is 4.70. The van der Waals surface area contributed by atoms with E-state index >= 15 is 0 Å². The Balaban J connectivity index is 2.74. The molecule has 0 aromatic carbocycles. The topological polar surface area (TPSA) is 41.6 Å². The fourth-order valence-electron chi connectivity index (χ4n) is 1.04. The number of hydrogen-bond donors (Lipinski definition) is 0. The lowest BCUT2D eigenvalue weighted by atomic mass is 10.2. The van der Waals surface area contributed by atoms with Crippen molar-refractivity contribution in [2.24, 2.45) is 0 Å². The van der Waals surface area contributed by atoms with E-state index < -0.39 is 0 Å². The fraction of sp³-hybridized carbons (Fsp3) is 0.500. The first-order valence-corrected chi connectivity index (χ1v) is 4.22. The zero-order valence-electron chi connectivity index (χ0n) is 6.87. The largest absolute Gasteiger partial charge is 0.267 e. The Kier molecular flexibility index (Phi) is 3.12. The van der Waals surface area contributed by atoms with Crippen LogP contribution in [0.15, 0.2) is 12.4 Å². The second-order valence-corrected chi connectivity index (χ2v) is 3.00. The Morgan fingerprint density at radius 2 is 2.58 bits per heavy atom. The molecule has 0 fully saturated rings. The first kappa shape index (κ1) is 9.08. The summed E-state index contributed by atoms with van der Waals surface area (Å²) >= 11 is 5.70. The van der Waals surface area contributed by atoms with E-state index in [0.717, 1.165) is 6.42 Å². The van der Waals surface area contributed by atoms with E-state index in [2.05, 4.69) is 11.2 Å². The van der Waals surface area contributed by atoms with Crippen molar-refractivity contribution in [1.29, 1.82) is 5.26 Å². The molecule has 64 valence electrons. The zero-order valence-corrected chi connectivity index (χ0v) is 7.62. The van der Waals surface area contributed by atoms with Gasteiger partial charge in [0.2, 0.25) is 0 Å². The van der Waals surface area contributed by atoms with Crippen LogP contribution in [0.1, 0.15) is 25.8 Å². The van der Waals surface area contributed by atoms with Gasteiger partial charge in [0.15, 0.2) is 0 Å². The van der Waals surface area contributed by atoms with E-state index in [4.69, 9.17) is 16.9 Å². The van der Waals surface area contributed by atoms with Crippen molar-refractivity contribution in [2.45, 2.75) is 25.8 Å². The summed E-state index contributed by atoms with van der Waals surface area (Å²) in [6.45, 7) is 2.03. The highest BCUT2D eigenvalue weighted by Crippen LogP contribution is 2.16. The van der Waals surface area contributed by atoms with Gasteiger partial charge in [-0.25, -0.2) is 0 Å². The molecular formula is C8H10ClN3. The van der Waals surface area contributed by atoms with Gasteiger partial charge in [-0.05, 0) is 6.42 Å². The lowest BCUT2D eigenvalue weighted by Gasteiger charge is -2.10. The van der Waals surface area contributed by atoms with Gasteiger partial charge in [0.1, 0.15) is 0 Å². The Morgan fingerprint density at radius 3 is 3.00 bits per heavy atom. The van der Waals surface area contributed by atoms with E-state index in [1.807, 2.05) is 6.92 Å². The summed E-state index contributed by atoms with van der Waals surface area (Å²) in [5, 5.41) is 13.2. The maximum atomic E-state index is 8.51. The molecule has 0 aliphatic heterocycles. The first-order valence-electron chi connectivity index (χ1n) is 3.84. The number of halogens is 1. The van der Waals surface area contributed by atoms with Crippen molar-refractivity contribution in [1.82, 2.24) is 9.78 Å². The minimum absolute atomic E-state index is 0.155. The van der Waals surface area contributed by atoms with Crippen LogP contribution in [-0.2, 0) is 0 Å². The van der Waals surface area contributed by atoms with Gasteiger partial charge in [0.05, 0.1) is 29.8 Å². The SMILES string of the molecule is CC[C@@H](CC#N)n1cc(Cl)cn1. The van der Waals surface area contributed by atoms with Crippen LogP contribution in [0.5, 0.6) is 0 Å². The van der Waals surface area contributed by atoms with Crippen molar-refractivity contribution in [3.63, 3.8) is 0 Å². The zero-order chi connectivity index (χ0) is 8.97. The Morgan fingerprint density at radius 1 is 1.83 bits per heavy atom. The van der Waals surface area contributed by atoms with E-state index in [-0.39, 0.29) is 6.04 Å². The fourth-order valence-corrected chi connectivity index (χ4v) is 1.19. The molecule has 1 heterocycles. The van der Waals surface area contributed by atoms with Crippen LogP contribution in [0.2, 0.25) is 5.02 Å². The Bertz CT molecular complexity index is 287. The Labute approximate surface area is 76.6 Å². The molecule has 3 nitrogen and oxygen atoms in total. The van der Waals surface area contributed by atoms with Crippen LogP contribution in [0.25, 0.3) is 0 Å². The predicted octanol–water partition coefficient (Wildman–Crippen LogP) is 2.40. The quantitative estimate of drug-likeness (QED) is 0.722. The number of hydrogen-bond acceptors (Lipinski definition) is 2. The number of nitrogens with zero attached hydrogens (tertiary/aromatic N) is 3. The predicted molar refractivity (Wildman–Crippen MR) is 46.8 cm³/mol. The van der Waals surface area contributed by atoms with Crippen molar-refractivity contribution in [3.05, 3.63) is 17.4 Å². The van der Waals surface area contributed by atoms with Crippen molar-refractivity contribution < 1.29 is 0 Å². The second-order valence-electron chi connectivity index (χ2n) is 2.56. The van der Waals surface area contributed by atoms with Crippen LogP contribution < -0.4 is 0 Å². The number of nitriles is 1. The average molecular weight is 184 g/mol. The molecule has 0 N–H and O–H groups in total. The molecule has 12 heavy (non-hydrogen) atoms. The van der Waals surface area contributed by atoms with E-state index in [9.17, 15) is 0 Å². The van der Waals surface area contributed by atoms with E-state index in [1.54, 1.807) is 17.1 Å². The Hall–Kier alpha value is -1.01. The summed E-state index contributed by atoms with van der Waals surface area (Å²) in [5.41, 5.74) is 0. The summed E-state index contributed by atoms with van der Waals surface area (Å²) < 4.78 is 1.74. The molecule has 0 saturated heterocycles. The molecule has 1 aromatic rings. The molecule has 0 bridgehead atoms. The van der Waals surface area contributed by atoms with Crippen LogP contribution in [0, 0.1) is 11.3 Å². The minimum Gasteiger partial charge on any atom is -0.267 e. The molecule has 1 aromatic heterocycles. The van der Waals surface area contributed by atoms with Gasteiger partial charge in [-0.1, -0.05) is 18.5 Å². The average Bonchev–Trinajstić information content (AvgIpc) is 2.47. The monoisotopic (exact) mass is 183 g/mol. The van der Waals surface area contributed by atoms with E-state index in [0.29, 0.717) is 11.4 Å². The molecule has 4 heteroatoms. The van der Waals surface area contributed by atoms with Crippen LogP contribution in [0.4, 0.5) is 0 Å². The first-order chi connectivity index (χ1) is 5.77. The number of aromatic nitrogens is 2. The normalized spacial score (nSPS) is 12.4. The van der Waals surface area contributed by atoms with Gasteiger partial charge in [-0.2, -0.15) is 10.4 Å². The van der Waals surface area contributed by atoms with Crippen molar-refractivity contribution in [3.8, 4) is 6.07 Å². The summed E-state index contributed by atoms with van der Waals surface area (Å²) in [7, 11) is 0. The molecule has 1 atom stereocenters. The van der Waals surface area contributed by atoms with Gasteiger partial charge in [-0.3, -0.25) is 4.68 Å². The highest BCUT2D eigenvalue weighted by Gasteiger charge is 2.08. The highest BCUT2D eigenvalue weighted by molar-refractivity contribution is 6.30. The maximum absolute atomic E-state index is 8.51. The molecule has 0 amide bonds. The smallest absolute Gasteiger partial charge is 0.0785 e. The summed E-state index contributed by atoms with van der Waals surface area (Å²) in [4.78, 5) is 0. The van der Waals surface area contributed by atoms with E-state index in [1.165, 1.54) is 0 Å². The molecule has 0 radical (unpaired) electrons. The third-order valence-corrected chi connectivity index (χ3v) is 1.94. The van der Waals surface area contributed by atoms with Crippen LogP contribution in [0.3, 0.4) is 0 Å². The minimum atomic E-state index is 0.155. The molecular weight excluding hydrogens is 174 g/mol. The van der Waals surface area contributed by atoms with Crippen LogP contribution >= 0.6 is 11.6 Å². The number of rotatable bonds is 3. The molecule has 1 rings (SSSR count). The molecule has 0 aliphatic rings. The summed E-state index contributed by atoms with van der Waals surface area (Å²) in [6, 6.07) is 2.28. The lowest BCUT2D eigenvalue weighted by molar-refractivity contribution is 0.448. The van der Waals surface area contributed by atoms with Gasteiger partial charge in [0, 0.05) is 6.20 Å². The van der Waals surface area contributed by atoms with Gasteiger partial charge >= 0.3 is 0 Å². The highest BCUT2D eigenvalue weighted by atomic mass is 35.5. The van der Waals surface area contributed by atoms with Gasteiger partial charge in [-0.15, -0.1) is 0 Å².